The third-order valence-electron chi connectivity index (χ3n) is 11.4. The summed E-state index contributed by atoms with van der Waals surface area (Å²) in [6, 6.07) is 51.8. The van der Waals surface area contributed by atoms with Crippen molar-refractivity contribution in [2.45, 2.75) is 40.0 Å². The second-order valence-corrected chi connectivity index (χ2v) is 14.5. The molecule has 7 aromatic carbocycles. The van der Waals surface area contributed by atoms with Gasteiger partial charge in [0.25, 0.3) is 0 Å². The van der Waals surface area contributed by atoms with Crippen molar-refractivity contribution >= 4 is 44.2 Å². The van der Waals surface area contributed by atoms with Crippen LogP contribution in [0.4, 0.5) is 17.1 Å². The molecule has 9 rings (SSSR count). The standard InChI is InChI=1S/C51H43N/c1-34-14-7-10-20-44(34)48-32-40-25-24-39-28-31-43(33-49(39)51(40)50(36(48)3)45-21-11-8-15-35(45)2)52(41-18-5-4-6-19-41)42-29-26-38(27-30-42)47-23-13-17-37-16-9-12-22-46(37)47/h4-12,14-16,18-22,24-33,37H,13,17,23H2,1-3H3. The number of aryl methyl sites for hydroxylation is 2. The van der Waals surface area contributed by atoms with Crippen molar-refractivity contribution in [2.24, 2.45) is 5.92 Å². The molecule has 0 bridgehead atoms. The average Bonchev–Trinajstić information content (AvgIpc) is 3.19. The maximum atomic E-state index is 2.42. The first-order valence-electron chi connectivity index (χ1n) is 18.7. The van der Waals surface area contributed by atoms with Gasteiger partial charge in [0.15, 0.2) is 0 Å². The summed E-state index contributed by atoms with van der Waals surface area (Å²) in [5.74, 6) is 0.544. The van der Waals surface area contributed by atoms with E-state index in [1.165, 1.54) is 90.0 Å². The Bertz CT molecular complexity index is 2560. The quantitative estimate of drug-likeness (QED) is 0.159. The van der Waals surface area contributed by atoms with Crippen LogP contribution < -0.4 is 4.90 Å². The normalized spacial score (nSPS) is 15.3. The molecule has 0 heterocycles. The lowest BCUT2D eigenvalue weighted by Gasteiger charge is -2.28. The van der Waals surface area contributed by atoms with Crippen molar-refractivity contribution in [1.29, 1.82) is 0 Å². The Morgan fingerprint density at radius 3 is 1.98 bits per heavy atom. The molecule has 1 unspecified atom stereocenters. The lowest BCUT2D eigenvalue weighted by molar-refractivity contribution is 0.616. The van der Waals surface area contributed by atoms with Gasteiger partial charge in [0.2, 0.25) is 0 Å². The fourth-order valence-corrected chi connectivity index (χ4v) is 8.74. The summed E-state index contributed by atoms with van der Waals surface area (Å²) in [5, 5.41) is 5.07. The third kappa shape index (κ3) is 5.58. The molecule has 2 aliphatic carbocycles. The Morgan fingerprint density at radius 1 is 0.558 bits per heavy atom. The van der Waals surface area contributed by atoms with Crippen LogP contribution in [0.3, 0.4) is 0 Å². The first-order chi connectivity index (χ1) is 25.5. The van der Waals surface area contributed by atoms with Gasteiger partial charge < -0.3 is 4.90 Å². The van der Waals surface area contributed by atoms with Crippen LogP contribution in [0.15, 0.2) is 169 Å². The van der Waals surface area contributed by atoms with Crippen molar-refractivity contribution in [1.82, 2.24) is 0 Å². The van der Waals surface area contributed by atoms with Crippen molar-refractivity contribution in [3.05, 3.63) is 192 Å². The summed E-state index contributed by atoms with van der Waals surface area (Å²) < 4.78 is 0. The number of allylic oxidation sites excluding steroid dienone is 6. The van der Waals surface area contributed by atoms with E-state index in [1.54, 1.807) is 0 Å². The van der Waals surface area contributed by atoms with E-state index < -0.39 is 0 Å². The zero-order chi connectivity index (χ0) is 35.2. The Morgan fingerprint density at radius 2 is 1.21 bits per heavy atom. The van der Waals surface area contributed by atoms with Gasteiger partial charge in [-0.05, 0) is 160 Å². The minimum atomic E-state index is 0.544. The highest BCUT2D eigenvalue weighted by Crippen LogP contribution is 2.46. The average molecular weight is 670 g/mol. The van der Waals surface area contributed by atoms with Gasteiger partial charge in [-0.15, -0.1) is 0 Å². The highest BCUT2D eigenvalue weighted by Gasteiger charge is 2.23. The molecule has 1 atom stereocenters. The fourth-order valence-electron chi connectivity index (χ4n) is 8.74. The van der Waals surface area contributed by atoms with E-state index in [-0.39, 0.29) is 0 Å². The number of rotatable bonds is 6. The smallest absolute Gasteiger partial charge is 0.0468 e. The van der Waals surface area contributed by atoms with E-state index >= 15 is 0 Å². The molecular weight excluding hydrogens is 627 g/mol. The van der Waals surface area contributed by atoms with Crippen molar-refractivity contribution in [2.75, 3.05) is 4.90 Å². The summed E-state index contributed by atoms with van der Waals surface area (Å²) in [7, 11) is 0. The number of hydrogen-bond donors (Lipinski definition) is 0. The van der Waals surface area contributed by atoms with Gasteiger partial charge in [-0.1, -0.05) is 121 Å². The highest BCUT2D eigenvalue weighted by atomic mass is 15.1. The molecule has 0 radical (unpaired) electrons. The van der Waals surface area contributed by atoms with Crippen LogP contribution in [-0.2, 0) is 0 Å². The van der Waals surface area contributed by atoms with Crippen LogP contribution in [-0.4, -0.2) is 0 Å². The number of fused-ring (bicyclic) bond motifs is 4. The molecule has 52 heavy (non-hydrogen) atoms. The number of anilines is 3. The lowest BCUT2D eigenvalue weighted by Crippen LogP contribution is -2.11. The van der Waals surface area contributed by atoms with E-state index in [2.05, 4.69) is 190 Å². The monoisotopic (exact) mass is 669 g/mol. The van der Waals surface area contributed by atoms with Crippen LogP contribution in [0.2, 0.25) is 0 Å². The van der Waals surface area contributed by atoms with Gasteiger partial charge in [-0.25, -0.2) is 0 Å². The third-order valence-corrected chi connectivity index (χ3v) is 11.4. The molecule has 1 nitrogen and oxygen atoms in total. The second kappa shape index (κ2) is 13.3. The highest BCUT2D eigenvalue weighted by molar-refractivity contribution is 6.17. The second-order valence-electron chi connectivity index (χ2n) is 14.5. The number of para-hydroxylation sites is 1. The summed E-state index contributed by atoms with van der Waals surface area (Å²) in [6.45, 7) is 6.77. The molecule has 0 saturated carbocycles. The van der Waals surface area contributed by atoms with E-state index in [1.807, 2.05) is 0 Å². The van der Waals surface area contributed by atoms with E-state index in [9.17, 15) is 0 Å². The molecule has 2 aliphatic rings. The molecule has 0 saturated heterocycles. The van der Waals surface area contributed by atoms with Crippen LogP contribution in [0.5, 0.6) is 0 Å². The molecule has 7 aromatic rings. The summed E-state index contributed by atoms with van der Waals surface area (Å²) >= 11 is 0. The summed E-state index contributed by atoms with van der Waals surface area (Å²) in [5.41, 5.74) is 16.9. The molecule has 0 spiro atoms. The first kappa shape index (κ1) is 32.0. The largest absolute Gasteiger partial charge is 0.310 e. The molecule has 252 valence electrons. The Hall–Kier alpha value is -5.92. The van der Waals surface area contributed by atoms with Crippen LogP contribution in [0.1, 0.15) is 41.5 Å². The number of nitrogens with zero attached hydrogens (tertiary/aromatic N) is 1. The number of benzene rings is 7. The Labute approximate surface area is 307 Å². The van der Waals surface area contributed by atoms with Crippen molar-refractivity contribution in [3.63, 3.8) is 0 Å². The topological polar surface area (TPSA) is 3.24 Å². The van der Waals surface area contributed by atoms with Gasteiger partial charge in [0.05, 0.1) is 0 Å². The molecule has 0 N–H and O–H groups in total. The predicted molar refractivity (Wildman–Crippen MR) is 224 cm³/mol. The first-order valence-corrected chi connectivity index (χ1v) is 18.7. The molecule has 0 fully saturated rings. The molecule has 1 heteroatoms. The predicted octanol–water partition coefficient (Wildman–Crippen LogP) is 14.4. The van der Waals surface area contributed by atoms with E-state index in [0.29, 0.717) is 5.92 Å². The van der Waals surface area contributed by atoms with Gasteiger partial charge >= 0.3 is 0 Å². The van der Waals surface area contributed by atoms with Gasteiger partial charge in [0.1, 0.15) is 0 Å². The fraction of sp³-hybridized carbons (Fsp3) is 0.137. The zero-order valence-electron chi connectivity index (χ0n) is 30.2. The van der Waals surface area contributed by atoms with Crippen LogP contribution in [0, 0.1) is 26.7 Å². The van der Waals surface area contributed by atoms with E-state index in [4.69, 9.17) is 0 Å². The van der Waals surface area contributed by atoms with Gasteiger partial charge in [0, 0.05) is 23.0 Å². The van der Waals surface area contributed by atoms with Gasteiger partial charge in [-0.3, -0.25) is 0 Å². The molecule has 0 aliphatic heterocycles. The van der Waals surface area contributed by atoms with Crippen LogP contribution in [0.25, 0.3) is 49.4 Å². The lowest BCUT2D eigenvalue weighted by atomic mass is 9.78. The maximum Gasteiger partial charge on any atom is 0.0468 e. The molecule has 0 amide bonds. The van der Waals surface area contributed by atoms with Crippen molar-refractivity contribution < 1.29 is 0 Å². The van der Waals surface area contributed by atoms with E-state index in [0.717, 1.165) is 23.5 Å². The van der Waals surface area contributed by atoms with Crippen LogP contribution >= 0.6 is 0 Å². The minimum Gasteiger partial charge on any atom is -0.310 e. The SMILES string of the molecule is Cc1ccccc1-c1cc2ccc3ccc(N(c4ccccc4)c4ccc(C5=C6C=CC=CC6CCC5)cc4)cc3c2c(-c2ccccc2C)c1C. The number of hydrogen-bond acceptors (Lipinski definition) is 1. The Balaban J connectivity index is 1.25. The molecule has 0 aromatic heterocycles. The van der Waals surface area contributed by atoms with Gasteiger partial charge in [-0.2, -0.15) is 0 Å². The Kier molecular flexibility index (Phi) is 8.20. The maximum absolute atomic E-state index is 2.42. The summed E-state index contributed by atoms with van der Waals surface area (Å²) in [6.07, 6.45) is 12.7. The van der Waals surface area contributed by atoms with Crippen molar-refractivity contribution in [3.8, 4) is 22.3 Å². The minimum absolute atomic E-state index is 0.544. The molecular formula is C51H43N. The zero-order valence-corrected chi connectivity index (χ0v) is 30.2. The summed E-state index contributed by atoms with van der Waals surface area (Å²) in [4.78, 5) is 2.41.